The molecule has 0 atom stereocenters. The van der Waals surface area contributed by atoms with E-state index >= 15 is 0 Å². The van der Waals surface area contributed by atoms with Crippen molar-refractivity contribution in [2.75, 3.05) is 5.75 Å². The van der Waals surface area contributed by atoms with Gasteiger partial charge >= 0.3 is 0 Å². The molecule has 0 aliphatic heterocycles. The van der Waals surface area contributed by atoms with Gasteiger partial charge in [-0.3, -0.25) is 0 Å². The fraction of sp³-hybridized carbons (Fsp3) is 0.333. The average Bonchev–Trinajstić information content (AvgIpc) is 2.16. The first-order chi connectivity index (χ1) is 6.33. The Morgan fingerprint density at radius 2 is 2.00 bits per heavy atom. The van der Waals surface area contributed by atoms with Crippen LogP contribution in [-0.2, 0) is 0 Å². The molecule has 0 N–H and O–H groups in total. The zero-order valence-electron chi connectivity index (χ0n) is 8.03. The van der Waals surface area contributed by atoms with Gasteiger partial charge in [0.1, 0.15) is 0 Å². The highest BCUT2D eigenvalue weighted by molar-refractivity contribution is 7.80. The molecule has 0 unspecified atom stereocenters. The van der Waals surface area contributed by atoms with E-state index in [9.17, 15) is 0 Å². The van der Waals surface area contributed by atoms with Crippen LogP contribution in [0.1, 0.15) is 25.3 Å². The average molecular weight is 192 g/mol. The third-order valence-corrected chi connectivity index (χ3v) is 2.26. The van der Waals surface area contributed by atoms with Gasteiger partial charge in [-0.05, 0) is 31.1 Å². The smallest absolute Gasteiger partial charge is 0.00949 e. The Labute approximate surface area is 86.1 Å². The minimum atomic E-state index is 0.972. The molecule has 1 heteroatoms. The van der Waals surface area contributed by atoms with Gasteiger partial charge in [-0.25, -0.2) is 0 Å². The van der Waals surface area contributed by atoms with Crippen molar-refractivity contribution in [2.45, 2.75) is 19.8 Å². The molecular formula is C12H16S. The summed E-state index contributed by atoms with van der Waals surface area (Å²) in [5.74, 6) is 0.972. The van der Waals surface area contributed by atoms with Gasteiger partial charge in [-0.2, -0.15) is 12.6 Å². The fourth-order valence-corrected chi connectivity index (χ4v) is 1.42. The van der Waals surface area contributed by atoms with Gasteiger partial charge in [-0.1, -0.05) is 42.0 Å². The third-order valence-electron chi connectivity index (χ3n) is 1.94. The minimum absolute atomic E-state index is 0.972. The second kappa shape index (κ2) is 5.87. The van der Waals surface area contributed by atoms with Crippen LogP contribution in [0.4, 0.5) is 0 Å². The number of rotatable bonds is 4. The van der Waals surface area contributed by atoms with Gasteiger partial charge in [0.05, 0.1) is 0 Å². The molecule has 0 saturated heterocycles. The number of thiol groups is 1. The number of hydrogen-bond donors (Lipinski definition) is 1. The summed E-state index contributed by atoms with van der Waals surface area (Å²) in [6.07, 6.45) is 4.56. The van der Waals surface area contributed by atoms with Crippen LogP contribution in [0.2, 0.25) is 0 Å². The van der Waals surface area contributed by atoms with Crippen molar-refractivity contribution in [3.63, 3.8) is 0 Å². The lowest BCUT2D eigenvalue weighted by atomic mass is 10.1. The van der Waals surface area contributed by atoms with Gasteiger partial charge in [0.25, 0.3) is 0 Å². The van der Waals surface area contributed by atoms with Crippen LogP contribution in [0.25, 0.3) is 6.08 Å². The van der Waals surface area contributed by atoms with Crippen molar-refractivity contribution >= 4 is 18.7 Å². The second-order valence-electron chi connectivity index (χ2n) is 3.23. The summed E-state index contributed by atoms with van der Waals surface area (Å²) in [6.45, 7) is 2.18. The maximum absolute atomic E-state index is 4.19. The van der Waals surface area contributed by atoms with E-state index in [1.165, 1.54) is 11.1 Å². The summed E-state index contributed by atoms with van der Waals surface area (Å²) >= 11 is 4.19. The maximum atomic E-state index is 4.19. The summed E-state index contributed by atoms with van der Waals surface area (Å²) in [5.41, 5.74) is 2.72. The van der Waals surface area contributed by atoms with E-state index in [1.807, 2.05) is 6.07 Å². The van der Waals surface area contributed by atoms with Gasteiger partial charge in [-0.15, -0.1) is 0 Å². The molecule has 0 aliphatic rings. The van der Waals surface area contributed by atoms with Crippen molar-refractivity contribution in [2.24, 2.45) is 0 Å². The standard InChI is InChI=1S/C12H16S/c1-11(6-5-9-13)10-12-7-3-2-4-8-12/h2-4,7-8,10,13H,5-6,9H2,1H3/b11-10+. The normalized spacial score (nSPS) is 11.7. The third kappa shape index (κ3) is 4.18. The quantitative estimate of drug-likeness (QED) is 0.689. The van der Waals surface area contributed by atoms with Crippen LogP contribution >= 0.6 is 12.6 Å². The Morgan fingerprint density at radius 1 is 1.31 bits per heavy atom. The predicted octanol–water partition coefficient (Wildman–Crippen LogP) is 3.80. The molecule has 1 aromatic carbocycles. The van der Waals surface area contributed by atoms with E-state index in [0.717, 1.165) is 18.6 Å². The SMILES string of the molecule is C/C(=C\c1ccccc1)CCCS. The zero-order chi connectivity index (χ0) is 9.52. The lowest BCUT2D eigenvalue weighted by molar-refractivity contribution is 0.925. The first kappa shape index (κ1) is 10.4. The van der Waals surface area contributed by atoms with Crippen LogP contribution in [0.5, 0.6) is 0 Å². The highest BCUT2D eigenvalue weighted by Crippen LogP contribution is 2.10. The zero-order valence-corrected chi connectivity index (χ0v) is 8.93. The Bertz CT molecular complexity index is 262. The van der Waals surface area contributed by atoms with Gasteiger partial charge in [0.2, 0.25) is 0 Å². The summed E-state index contributed by atoms with van der Waals surface area (Å²) in [7, 11) is 0. The Kier molecular flexibility index (Phi) is 4.69. The maximum Gasteiger partial charge on any atom is -0.00949 e. The molecule has 0 nitrogen and oxygen atoms in total. The molecule has 70 valence electrons. The van der Waals surface area contributed by atoms with E-state index in [1.54, 1.807) is 0 Å². The van der Waals surface area contributed by atoms with E-state index in [2.05, 4.69) is 49.9 Å². The second-order valence-corrected chi connectivity index (χ2v) is 3.68. The molecule has 13 heavy (non-hydrogen) atoms. The first-order valence-corrected chi connectivity index (χ1v) is 5.29. The molecular weight excluding hydrogens is 176 g/mol. The highest BCUT2D eigenvalue weighted by atomic mass is 32.1. The minimum Gasteiger partial charge on any atom is -0.179 e. The number of allylic oxidation sites excluding steroid dienone is 1. The summed E-state index contributed by atoms with van der Waals surface area (Å²) < 4.78 is 0. The van der Waals surface area contributed by atoms with Crippen molar-refractivity contribution in [3.8, 4) is 0 Å². The lowest BCUT2D eigenvalue weighted by Gasteiger charge is -1.99. The molecule has 1 aromatic rings. The van der Waals surface area contributed by atoms with E-state index < -0.39 is 0 Å². The molecule has 0 fully saturated rings. The molecule has 0 bridgehead atoms. The monoisotopic (exact) mass is 192 g/mol. The van der Waals surface area contributed by atoms with E-state index in [-0.39, 0.29) is 0 Å². The first-order valence-electron chi connectivity index (χ1n) is 4.66. The molecule has 0 aliphatic carbocycles. The van der Waals surface area contributed by atoms with Crippen molar-refractivity contribution in [3.05, 3.63) is 41.5 Å². The van der Waals surface area contributed by atoms with Crippen LogP contribution in [-0.4, -0.2) is 5.75 Å². The number of benzene rings is 1. The Balaban J connectivity index is 2.55. The van der Waals surface area contributed by atoms with E-state index in [4.69, 9.17) is 0 Å². The summed E-state index contributed by atoms with van der Waals surface area (Å²) in [4.78, 5) is 0. The number of hydrogen-bond acceptors (Lipinski definition) is 1. The summed E-state index contributed by atoms with van der Waals surface area (Å²) in [6, 6.07) is 10.4. The molecule has 1 rings (SSSR count). The van der Waals surface area contributed by atoms with Crippen molar-refractivity contribution < 1.29 is 0 Å². The highest BCUT2D eigenvalue weighted by Gasteiger charge is 1.90. The summed E-state index contributed by atoms with van der Waals surface area (Å²) in [5, 5.41) is 0. The van der Waals surface area contributed by atoms with Gasteiger partial charge < -0.3 is 0 Å². The molecule has 0 radical (unpaired) electrons. The molecule has 0 aromatic heterocycles. The topological polar surface area (TPSA) is 0 Å². The van der Waals surface area contributed by atoms with Gasteiger partial charge in [0.15, 0.2) is 0 Å². The van der Waals surface area contributed by atoms with E-state index in [0.29, 0.717) is 0 Å². The fourth-order valence-electron chi connectivity index (χ4n) is 1.26. The predicted molar refractivity (Wildman–Crippen MR) is 63.2 cm³/mol. The largest absolute Gasteiger partial charge is 0.179 e. The van der Waals surface area contributed by atoms with Crippen molar-refractivity contribution in [1.29, 1.82) is 0 Å². The van der Waals surface area contributed by atoms with Crippen molar-refractivity contribution in [1.82, 2.24) is 0 Å². The molecule has 0 saturated carbocycles. The lowest BCUT2D eigenvalue weighted by Crippen LogP contribution is -1.80. The molecule has 0 spiro atoms. The molecule has 0 amide bonds. The molecule has 0 heterocycles. The van der Waals surface area contributed by atoms with Crippen LogP contribution in [0, 0.1) is 0 Å². The van der Waals surface area contributed by atoms with Gasteiger partial charge in [0, 0.05) is 0 Å². The Hall–Kier alpha value is -0.690. The van der Waals surface area contributed by atoms with Crippen LogP contribution < -0.4 is 0 Å². The van der Waals surface area contributed by atoms with Crippen LogP contribution in [0.3, 0.4) is 0 Å². The Morgan fingerprint density at radius 3 is 2.62 bits per heavy atom. The van der Waals surface area contributed by atoms with Crippen LogP contribution in [0.15, 0.2) is 35.9 Å².